The summed E-state index contributed by atoms with van der Waals surface area (Å²) in [5.74, 6) is 0.492. The second-order valence-electron chi connectivity index (χ2n) is 6.22. The van der Waals surface area contributed by atoms with Crippen LogP contribution in [0.25, 0.3) is 0 Å². The SMILES string of the molecule is COc1ccc(C(=O)NC2CCOC3(CCOCC3)C2)c(OC)n1. The van der Waals surface area contributed by atoms with Crippen molar-refractivity contribution in [3.05, 3.63) is 17.7 Å². The van der Waals surface area contributed by atoms with Crippen LogP contribution >= 0.6 is 0 Å². The molecule has 0 saturated carbocycles. The van der Waals surface area contributed by atoms with Gasteiger partial charge in [-0.05, 0) is 31.7 Å². The number of hydrogen-bond acceptors (Lipinski definition) is 6. The van der Waals surface area contributed by atoms with Gasteiger partial charge in [-0.2, -0.15) is 4.98 Å². The van der Waals surface area contributed by atoms with Gasteiger partial charge in [0.25, 0.3) is 5.91 Å². The quantitative estimate of drug-likeness (QED) is 0.899. The molecule has 1 unspecified atom stereocenters. The molecule has 2 aliphatic rings. The lowest BCUT2D eigenvalue weighted by Gasteiger charge is -2.43. The molecular weight excluding hydrogens is 312 g/mol. The van der Waals surface area contributed by atoms with E-state index in [1.165, 1.54) is 14.2 Å². The third-order valence-electron chi connectivity index (χ3n) is 4.71. The molecule has 3 rings (SSSR count). The van der Waals surface area contributed by atoms with Crippen molar-refractivity contribution in [3.8, 4) is 11.8 Å². The number of carbonyl (C=O) groups excluding carboxylic acids is 1. The lowest BCUT2D eigenvalue weighted by atomic mass is 9.84. The lowest BCUT2D eigenvalue weighted by Crippen LogP contribution is -2.51. The van der Waals surface area contributed by atoms with Gasteiger partial charge in [-0.15, -0.1) is 0 Å². The van der Waals surface area contributed by atoms with Gasteiger partial charge in [0.05, 0.1) is 19.8 Å². The largest absolute Gasteiger partial charge is 0.481 e. The van der Waals surface area contributed by atoms with E-state index >= 15 is 0 Å². The molecular formula is C17H24N2O5. The Balaban J connectivity index is 1.68. The van der Waals surface area contributed by atoms with Crippen molar-refractivity contribution in [3.63, 3.8) is 0 Å². The number of aromatic nitrogens is 1. The Morgan fingerprint density at radius 1 is 1.25 bits per heavy atom. The Morgan fingerprint density at radius 2 is 2.04 bits per heavy atom. The molecule has 2 aliphatic heterocycles. The number of rotatable bonds is 4. The van der Waals surface area contributed by atoms with Crippen molar-refractivity contribution in [2.24, 2.45) is 0 Å². The van der Waals surface area contributed by atoms with Crippen LogP contribution in [0.1, 0.15) is 36.0 Å². The number of ether oxygens (including phenoxy) is 4. The molecule has 7 nitrogen and oxygen atoms in total. The zero-order valence-corrected chi connectivity index (χ0v) is 14.2. The normalized spacial score (nSPS) is 22.8. The summed E-state index contributed by atoms with van der Waals surface area (Å²) in [5.41, 5.74) is 0.252. The van der Waals surface area contributed by atoms with Crippen LogP contribution in [0.4, 0.5) is 0 Å². The fourth-order valence-corrected chi connectivity index (χ4v) is 3.37. The second-order valence-corrected chi connectivity index (χ2v) is 6.22. The van der Waals surface area contributed by atoms with Crippen molar-refractivity contribution in [2.75, 3.05) is 34.0 Å². The lowest BCUT2D eigenvalue weighted by molar-refractivity contribution is -0.139. The molecule has 2 saturated heterocycles. The molecule has 132 valence electrons. The van der Waals surface area contributed by atoms with Crippen LogP contribution < -0.4 is 14.8 Å². The third-order valence-corrected chi connectivity index (χ3v) is 4.71. The summed E-state index contributed by atoms with van der Waals surface area (Å²) in [6.07, 6.45) is 3.38. The topological polar surface area (TPSA) is 78.9 Å². The molecule has 0 aromatic carbocycles. The maximum absolute atomic E-state index is 12.6. The highest BCUT2D eigenvalue weighted by Gasteiger charge is 2.39. The van der Waals surface area contributed by atoms with Crippen LogP contribution in [0.3, 0.4) is 0 Å². The monoisotopic (exact) mass is 336 g/mol. The van der Waals surface area contributed by atoms with E-state index in [9.17, 15) is 4.79 Å². The molecule has 0 radical (unpaired) electrons. The van der Waals surface area contributed by atoms with Crippen LogP contribution in [0.5, 0.6) is 11.8 Å². The molecule has 0 bridgehead atoms. The molecule has 1 amide bonds. The van der Waals surface area contributed by atoms with Crippen molar-refractivity contribution < 1.29 is 23.7 Å². The van der Waals surface area contributed by atoms with Gasteiger partial charge in [0, 0.05) is 31.9 Å². The van der Waals surface area contributed by atoms with Crippen LogP contribution in [-0.2, 0) is 9.47 Å². The molecule has 3 heterocycles. The molecule has 1 atom stereocenters. The van der Waals surface area contributed by atoms with E-state index in [0.29, 0.717) is 18.1 Å². The maximum Gasteiger partial charge on any atom is 0.256 e. The molecule has 1 aromatic rings. The van der Waals surface area contributed by atoms with E-state index in [2.05, 4.69) is 10.3 Å². The van der Waals surface area contributed by atoms with Crippen LogP contribution in [0, 0.1) is 0 Å². The van der Waals surface area contributed by atoms with Gasteiger partial charge >= 0.3 is 0 Å². The summed E-state index contributed by atoms with van der Waals surface area (Å²) in [6.45, 7) is 2.09. The fourth-order valence-electron chi connectivity index (χ4n) is 3.37. The third kappa shape index (κ3) is 3.62. The van der Waals surface area contributed by atoms with Gasteiger partial charge < -0.3 is 24.3 Å². The van der Waals surface area contributed by atoms with Crippen LogP contribution in [0.15, 0.2) is 12.1 Å². The molecule has 1 spiro atoms. The standard InChI is InChI=1S/C17H24N2O5/c1-21-14-4-3-13(16(19-14)22-2)15(20)18-12-5-8-24-17(11-12)6-9-23-10-7-17/h3-4,12H,5-11H2,1-2H3,(H,18,20). The van der Waals surface area contributed by atoms with Gasteiger partial charge in [-0.25, -0.2) is 0 Å². The minimum atomic E-state index is -0.184. The summed E-state index contributed by atoms with van der Waals surface area (Å²) in [7, 11) is 3.01. The fraction of sp³-hybridized carbons (Fsp3) is 0.647. The smallest absolute Gasteiger partial charge is 0.256 e. The average molecular weight is 336 g/mol. The van der Waals surface area contributed by atoms with E-state index in [4.69, 9.17) is 18.9 Å². The average Bonchev–Trinajstić information content (AvgIpc) is 2.61. The van der Waals surface area contributed by atoms with Crippen molar-refractivity contribution in [1.29, 1.82) is 0 Å². The maximum atomic E-state index is 12.6. The van der Waals surface area contributed by atoms with Gasteiger partial charge in [0.2, 0.25) is 11.8 Å². The number of amides is 1. The zero-order chi connectivity index (χ0) is 17.0. The predicted molar refractivity (Wildman–Crippen MR) is 86.6 cm³/mol. The van der Waals surface area contributed by atoms with Crippen LogP contribution in [0.2, 0.25) is 0 Å². The second kappa shape index (κ2) is 7.36. The number of pyridine rings is 1. The summed E-state index contributed by atoms with van der Waals surface area (Å²) in [5, 5.41) is 3.10. The highest BCUT2D eigenvalue weighted by atomic mass is 16.5. The molecule has 24 heavy (non-hydrogen) atoms. The Kier molecular flexibility index (Phi) is 5.20. The summed E-state index contributed by atoms with van der Waals surface area (Å²) in [6, 6.07) is 3.40. The first-order chi connectivity index (χ1) is 11.7. The van der Waals surface area contributed by atoms with E-state index in [1.807, 2.05) is 0 Å². The van der Waals surface area contributed by atoms with Crippen molar-refractivity contribution in [2.45, 2.75) is 37.3 Å². The van der Waals surface area contributed by atoms with Gasteiger partial charge in [0.1, 0.15) is 5.56 Å². The highest BCUT2D eigenvalue weighted by molar-refractivity contribution is 5.96. The minimum absolute atomic E-state index is 0.0798. The van der Waals surface area contributed by atoms with E-state index < -0.39 is 0 Å². The molecule has 2 fully saturated rings. The zero-order valence-electron chi connectivity index (χ0n) is 14.2. The number of methoxy groups -OCH3 is 2. The number of hydrogen-bond donors (Lipinski definition) is 1. The first-order valence-corrected chi connectivity index (χ1v) is 8.27. The van der Waals surface area contributed by atoms with Gasteiger partial charge in [0.15, 0.2) is 0 Å². The van der Waals surface area contributed by atoms with Crippen LogP contribution in [-0.4, -0.2) is 56.6 Å². The summed E-state index contributed by atoms with van der Waals surface area (Å²) >= 11 is 0. The van der Waals surface area contributed by atoms with Crippen molar-refractivity contribution in [1.82, 2.24) is 10.3 Å². The van der Waals surface area contributed by atoms with Gasteiger partial charge in [-0.1, -0.05) is 0 Å². The molecule has 0 aliphatic carbocycles. The van der Waals surface area contributed by atoms with Crippen molar-refractivity contribution >= 4 is 5.91 Å². The predicted octanol–water partition coefficient (Wildman–Crippen LogP) is 1.56. The highest BCUT2D eigenvalue weighted by Crippen LogP contribution is 2.34. The Labute approximate surface area is 141 Å². The van der Waals surface area contributed by atoms with E-state index in [0.717, 1.165) is 38.9 Å². The number of nitrogens with zero attached hydrogens (tertiary/aromatic N) is 1. The number of carbonyl (C=O) groups is 1. The minimum Gasteiger partial charge on any atom is -0.481 e. The Morgan fingerprint density at radius 3 is 2.75 bits per heavy atom. The first-order valence-electron chi connectivity index (χ1n) is 8.27. The number of nitrogens with one attached hydrogen (secondary N) is 1. The Bertz CT molecular complexity index is 581. The van der Waals surface area contributed by atoms with Gasteiger partial charge in [-0.3, -0.25) is 4.79 Å². The van der Waals surface area contributed by atoms with E-state index in [1.54, 1.807) is 12.1 Å². The first kappa shape index (κ1) is 17.0. The molecule has 1 N–H and O–H groups in total. The summed E-state index contributed by atoms with van der Waals surface area (Å²) < 4.78 is 21.7. The van der Waals surface area contributed by atoms with E-state index in [-0.39, 0.29) is 23.4 Å². The summed E-state index contributed by atoms with van der Waals surface area (Å²) in [4.78, 5) is 16.8. The molecule has 1 aromatic heterocycles. The Hall–Kier alpha value is -1.86. The molecule has 7 heteroatoms.